The highest BCUT2D eigenvalue weighted by atomic mass is 16.3. The van der Waals surface area contributed by atoms with Crippen LogP contribution in [0.2, 0.25) is 0 Å². The van der Waals surface area contributed by atoms with Crippen LogP contribution < -0.4 is 10.2 Å². The molecule has 0 spiro atoms. The second-order valence-electron chi connectivity index (χ2n) is 4.29. The summed E-state index contributed by atoms with van der Waals surface area (Å²) in [6.45, 7) is 0.281. The average Bonchev–Trinajstić information content (AvgIpc) is 2.96. The van der Waals surface area contributed by atoms with Crippen LogP contribution in [0.4, 0.5) is 5.82 Å². The molecule has 0 bridgehead atoms. The van der Waals surface area contributed by atoms with Gasteiger partial charge in [-0.2, -0.15) is 0 Å². The van der Waals surface area contributed by atoms with E-state index in [0.29, 0.717) is 11.6 Å². The molecule has 0 radical (unpaired) electrons. The van der Waals surface area contributed by atoms with Gasteiger partial charge in [-0.15, -0.1) is 0 Å². The van der Waals surface area contributed by atoms with Crippen LogP contribution in [0.3, 0.4) is 0 Å². The molecule has 0 aromatic carbocycles. The van der Waals surface area contributed by atoms with E-state index in [0.717, 1.165) is 5.82 Å². The Labute approximate surface area is 117 Å². The number of amides is 1. The molecule has 0 aliphatic heterocycles. The van der Waals surface area contributed by atoms with Crippen molar-refractivity contribution in [1.82, 2.24) is 15.3 Å². The van der Waals surface area contributed by atoms with Crippen LogP contribution in [-0.2, 0) is 11.3 Å². The molecule has 1 amide bonds. The predicted octanol–water partition coefficient (Wildman–Crippen LogP) is 1.47. The minimum Gasteiger partial charge on any atom is -0.465 e. The van der Waals surface area contributed by atoms with Crippen LogP contribution >= 0.6 is 0 Å². The first-order valence-corrected chi connectivity index (χ1v) is 6.14. The molecule has 0 fully saturated rings. The molecule has 2 aromatic heterocycles. The van der Waals surface area contributed by atoms with Crippen LogP contribution in [0, 0.1) is 0 Å². The molecule has 1 N–H and O–H groups in total. The third kappa shape index (κ3) is 3.94. The third-order valence-corrected chi connectivity index (χ3v) is 2.51. The molecule has 6 nitrogen and oxygen atoms in total. The fourth-order valence-electron chi connectivity index (χ4n) is 1.49. The van der Waals surface area contributed by atoms with Gasteiger partial charge in [0.25, 0.3) is 0 Å². The SMILES string of the molecule is CN(C)c1ccnc(CNC(=O)/C=C/c2ccco2)n1. The lowest BCUT2D eigenvalue weighted by atomic mass is 10.4. The number of carbonyl (C=O) groups is 1. The molecule has 0 saturated heterocycles. The molecular formula is C14H16N4O2. The molecule has 0 aliphatic rings. The quantitative estimate of drug-likeness (QED) is 0.834. The Hall–Kier alpha value is -2.63. The van der Waals surface area contributed by atoms with Crippen molar-refractivity contribution in [3.05, 3.63) is 48.3 Å². The first-order valence-electron chi connectivity index (χ1n) is 6.14. The van der Waals surface area contributed by atoms with Gasteiger partial charge in [0.2, 0.25) is 5.91 Å². The highest BCUT2D eigenvalue weighted by Crippen LogP contribution is 2.05. The fraction of sp³-hybridized carbons (Fsp3) is 0.214. The van der Waals surface area contributed by atoms with E-state index in [4.69, 9.17) is 4.42 Å². The normalized spacial score (nSPS) is 10.7. The molecule has 20 heavy (non-hydrogen) atoms. The Morgan fingerprint density at radius 2 is 2.30 bits per heavy atom. The molecule has 2 heterocycles. The van der Waals surface area contributed by atoms with Crippen molar-refractivity contribution in [2.45, 2.75) is 6.54 Å². The number of rotatable bonds is 5. The van der Waals surface area contributed by atoms with Gasteiger partial charge in [-0.3, -0.25) is 4.79 Å². The summed E-state index contributed by atoms with van der Waals surface area (Å²) in [5.41, 5.74) is 0. The summed E-state index contributed by atoms with van der Waals surface area (Å²) in [5.74, 6) is 1.78. The smallest absolute Gasteiger partial charge is 0.244 e. The lowest BCUT2D eigenvalue weighted by Gasteiger charge is -2.11. The van der Waals surface area contributed by atoms with Gasteiger partial charge in [0.05, 0.1) is 12.8 Å². The van der Waals surface area contributed by atoms with Crippen molar-refractivity contribution >= 4 is 17.8 Å². The number of anilines is 1. The lowest BCUT2D eigenvalue weighted by Crippen LogP contribution is -2.22. The van der Waals surface area contributed by atoms with Gasteiger partial charge in [-0.1, -0.05) is 0 Å². The van der Waals surface area contributed by atoms with Crippen LogP contribution in [-0.4, -0.2) is 30.0 Å². The lowest BCUT2D eigenvalue weighted by molar-refractivity contribution is -0.116. The summed E-state index contributed by atoms with van der Waals surface area (Å²) in [5, 5.41) is 2.72. The number of carbonyl (C=O) groups excluding carboxylic acids is 1. The topological polar surface area (TPSA) is 71.3 Å². The Kier molecular flexibility index (Phi) is 4.49. The number of furan rings is 1. The van der Waals surface area contributed by atoms with Crippen molar-refractivity contribution in [3.8, 4) is 0 Å². The van der Waals surface area contributed by atoms with E-state index in [9.17, 15) is 4.79 Å². The summed E-state index contributed by atoms with van der Waals surface area (Å²) < 4.78 is 5.09. The van der Waals surface area contributed by atoms with E-state index in [-0.39, 0.29) is 12.5 Å². The standard InChI is InChI=1S/C14H16N4O2/c1-18(2)13-7-8-15-12(17-13)10-16-14(19)6-5-11-4-3-9-20-11/h3-9H,10H2,1-2H3,(H,16,19)/b6-5+. The number of aromatic nitrogens is 2. The van der Waals surface area contributed by atoms with Crippen molar-refractivity contribution < 1.29 is 9.21 Å². The largest absolute Gasteiger partial charge is 0.465 e. The van der Waals surface area contributed by atoms with E-state index in [1.807, 2.05) is 25.1 Å². The molecule has 0 atom stereocenters. The van der Waals surface area contributed by atoms with Crippen LogP contribution in [0.5, 0.6) is 0 Å². The molecular weight excluding hydrogens is 256 g/mol. The van der Waals surface area contributed by atoms with Crippen LogP contribution in [0.25, 0.3) is 6.08 Å². The summed E-state index contributed by atoms with van der Waals surface area (Å²) in [7, 11) is 3.80. The summed E-state index contributed by atoms with van der Waals surface area (Å²) in [6.07, 6.45) is 6.24. The van der Waals surface area contributed by atoms with Crippen molar-refractivity contribution in [1.29, 1.82) is 0 Å². The molecule has 0 unspecified atom stereocenters. The Morgan fingerprint density at radius 3 is 3.00 bits per heavy atom. The third-order valence-electron chi connectivity index (χ3n) is 2.51. The summed E-state index contributed by atoms with van der Waals surface area (Å²) in [4.78, 5) is 21.9. The van der Waals surface area contributed by atoms with Crippen LogP contribution in [0.1, 0.15) is 11.6 Å². The molecule has 0 aliphatic carbocycles. The van der Waals surface area contributed by atoms with Gasteiger partial charge in [-0.25, -0.2) is 9.97 Å². The second kappa shape index (κ2) is 6.51. The number of hydrogen-bond donors (Lipinski definition) is 1. The maximum atomic E-state index is 11.6. The first kappa shape index (κ1) is 13.8. The van der Waals surface area contributed by atoms with Gasteiger partial charge in [0, 0.05) is 26.4 Å². The Morgan fingerprint density at radius 1 is 1.45 bits per heavy atom. The Balaban J connectivity index is 1.88. The fourth-order valence-corrected chi connectivity index (χ4v) is 1.49. The molecule has 2 aromatic rings. The maximum absolute atomic E-state index is 11.6. The highest BCUT2D eigenvalue weighted by molar-refractivity contribution is 5.91. The van der Waals surface area contributed by atoms with E-state index in [1.54, 1.807) is 30.7 Å². The zero-order valence-electron chi connectivity index (χ0n) is 11.4. The van der Waals surface area contributed by atoms with E-state index in [2.05, 4.69) is 15.3 Å². The minimum absolute atomic E-state index is 0.222. The maximum Gasteiger partial charge on any atom is 0.244 e. The van der Waals surface area contributed by atoms with Crippen molar-refractivity contribution in [3.63, 3.8) is 0 Å². The van der Waals surface area contributed by atoms with Gasteiger partial charge in [-0.05, 0) is 24.3 Å². The molecule has 0 saturated carbocycles. The van der Waals surface area contributed by atoms with E-state index >= 15 is 0 Å². The van der Waals surface area contributed by atoms with Crippen LogP contribution in [0.15, 0.2) is 41.2 Å². The molecule has 6 heteroatoms. The average molecular weight is 272 g/mol. The van der Waals surface area contributed by atoms with Gasteiger partial charge < -0.3 is 14.6 Å². The minimum atomic E-state index is -0.222. The predicted molar refractivity (Wildman–Crippen MR) is 75.9 cm³/mol. The first-order chi connectivity index (χ1) is 9.65. The van der Waals surface area contributed by atoms with Gasteiger partial charge in [0.15, 0.2) is 0 Å². The van der Waals surface area contributed by atoms with Crippen molar-refractivity contribution in [2.75, 3.05) is 19.0 Å². The number of nitrogens with zero attached hydrogens (tertiary/aromatic N) is 3. The zero-order valence-corrected chi connectivity index (χ0v) is 11.4. The molecule has 104 valence electrons. The molecule has 2 rings (SSSR count). The second-order valence-corrected chi connectivity index (χ2v) is 4.29. The highest BCUT2D eigenvalue weighted by Gasteiger charge is 2.02. The number of nitrogens with one attached hydrogen (secondary N) is 1. The van der Waals surface area contributed by atoms with E-state index in [1.165, 1.54) is 6.08 Å². The number of hydrogen-bond acceptors (Lipinski definition) is 5. The van der Waals surface area contributed by atoms with Gasteiger partial charge >= 0.3 is 0 Å². The van der Waals surface area contributed by atoms with E-state index < -0.39 is 0 Å². The summed E-state index contributed by atoms with van der Waals surface area (Å²) in [6, 6.07) is 5.34. The van der Waals surface area contributed by atoms with Crippen molar-refractivity contribution in [2.24, 2.45) is 0 Å². The van der Waals surface area contributed by atoms with Gasteiger partial charge in [0.1, 0.15) is 17.4 Å². The Bertz CT molecular complexity index is 591. The monoisotopic (exact) mass is 272 g/mol. The summed E-state index contributed by atoms with van der Waals surface area (Å²) >= 11 is 0. The zero-order chi connectivity index (χ0) is 14.4.